The Kier molecular flexibility index (Phi) is 4.33. The normalized spacial score (nSPS) is 10.3. The van der Waals surface area contributed by atoms with Gasteiger partial charge in [0, 0.05) is 25.3 Å². The smallest absolute Gasteiger partial charge is 0.166 e. The molecule has 0 fully saturated rings. The molecular weight excluding hydrogens is 330 g/mol. The van der Waals surface area contributed by atoms with Gasteiger partial charge in [-0.25, -0.2) is 9.97 Å². The number of nitriles is 1. The summed E-state index contributed by atoms with van der Waals surface area (Å²) in [5, 5.41) is 29.2. The molecule has 0 aliphatic carbocycles. The molecule has 0 atom stereocenters. The third kappa shape index (κ3) is 3.08. The lowest BCUT2D eigenvalue weighted by atomic mass is 10.1. The molecule has 0 saturated carbocycles. The Hall–Kier alpha value is -3.79. The number of rotatable bonds is 3. The first kappa shape index (κ1) is 17.0. The average molecular weight is 347 g/mol. The van der Waals surface area contributed by atoms with Crippen LogP contribution in [-0.2, 0) is 0 Å². The maximum absolute atomic E-state index is 10.1. The van der Waals surface area contributed by atoms with Crippen LogP contribution in [0.25, 0.3) is 22.6 Å². The first-order chi connectivity index (χ1) is 12.4. The molecule has 7 nitrogen and oxygen atoms in total. The van der Waals surface area contributed by atoms with Crippen LogP contribution >= 0.6 is 0 Å². The van der Waals surface area contributed by atoms with Crippen LogP contribution in [0.1, 0.15) is 5.56 Å². The largest absolute Gasteiger partial charge is 0.508 e. The van der Waals surface area contributed by atoms with Crippen LogP contribution in [0.2, 0.25) is 0 Å². The number of nitrogens with two attached hydrogens (primary N) is 1. The number of phenols is 2. The third-order valence-electron chi connectivity index (χ3n) is 3.93. The summed E-state index contributed by atoms with van der Waals surface area (Å²) in [5.41, 5.74) is 8.40. The number of aromatic nitrogens is 2. The Labute approximate surface area is 150 Å². The maximum atomic E-state index is 10.1. The fraction of sp³-hybridized carbons (Fsp3) is 0.105. The lowest BCUT2D eigenvalue weighted by Gasteiger charge is -2.14. The van der Waals surface area contributed by atoms with Crippen molar-refractivity contribution in [2.45, 2.75) is 0 Å². The van der Waals surface area contributed by atoms with Gasteiger partial charge in [-0.3, -0.25) is 0 Å². The van der Waals surface area contributed by atoms with E-state index in [1.54, 1.807) is 0 Å². The summed E-state index contributed by atoms with van der Waals surface area (Å²) in [7, 11) is 3.86. The monoisotopic (exact) mass is 347 g/mol. The highest BCUT2D eigenvalue weighted by molar-refractivity contribution is 5.77. The zero-order chi connectivity index (χ0) is 18.8. The van der Waals surface area contributed by atoms with Gasteiger partial charge >= 0.3 is 0 Å². The molecule has 0 aliphatic rings. The summed E-state index contributed by atoms with van der Waals surface area (Å²) >= 11 is 0. The maximum Gasteiger partial charge on any atom is 0.166 e. The minimum atomic E-state index is -0.0965. The van der Waals surface area contributed by atoms with Crippen LogP contribution in [0, 0.1) is 11.3 Å². The van der Waals surface area contributed by atoms with Crippen LogP contribution in [0.5, 0.6) is 11.5 Å². The molecule has 0 aliphatic heterocycles. The lowest BCUT2D eigenvalue weighted by molar-refractivity contribution is 0.461. The number of aromatic hydroxyl groups is 2. The Morgan fingerprint density at radius 2 is 1.73 bits per heavy atom. The van der Waals surface area contributed by atoms with Crippen LogP contribution in [-0.4, -0.2) is 34.3 Å². The molecule has 0 amide bonds. The molecule has 0 radical (unpaired) electrons. The van der Waals surface area contributed by atoms with Crippen molar-refractivity contribution >= 4 is 11.5 Å². The van der Waals surface area contributed by atoms with Crippen molar-refractivity contribution in [1.82, 2.24) is 9.97 Å². The number of hydrogen-bond acceptors (Lipinski definition) is 7. The van der Waals surface area contributed by atoms with E-state index in [-0.39, 0.29) is 34.3 Å². The number of benzene rings is 2. The van der Waals surface area contributed by atoms with Gasteiger partial charge in [-0.05, 0) is 30.3 Å². The van der Waals surface area contributed by atoms with Gasteiger partial charge in [-0.1, -0.05) is 12.1 Å². The molecule has 0 unspecified atom stereocenters. The van der Waals surface area contributed by atoms with Gasteiger partial charge in [0.25, 0.3) is 0 Å². The number of nitrogen functional groups attached to an aromatic ring is 1. The van der Waals surface area contributed by atoms with Gasteiger partial charge < -0.3 is 20.8 Å². The molecule has 3 rings (SSSR count). The number of anilines is 2. The highest BCUT2D eigenvalue weighted by Gasteiger charge is 2.17. The zero-order valence-corrected chi connectivity index (χ0v) is 14.3. The Bertz CT molecular complexity index is 1010. The topological polar surface area (TPSA) is 119 Å². The van der Waals surface area contributed by atoms with Gasteiger partial charge in [0.15, 0.2) is 5.82 Å². The van der Waals surface area contributed by atoms with Crippen molar-refractivity contribution in [3.8, 4) is 40.2 Å². The van der Waals surface area contributed by atoms with Crippen molar-refractivity contribution in [2.75, 3.05) is 24.7 Å². The first-order valence-electron chi connectivity index (χ1n) is 7.78. The fourth-order valence-electron chi connectivity index (χ4n) is 2.54. The minimum Gasteiger partial charge on any atom is -0.508 e. The van der Waals surface area contributed by atoms with E-state index in [0.29, 0.717) is 11.3 Å². The molecule has 7 heteroatoms. The molecule has 130 valence electrons. The molecule has 0 saturated heterocycles. The predicted octanol–water partition coefficient (Wildman–Crippen LogP) is 2.74. The first-order valence-corrected chi connectivity index (χ1v) is 7.78. The standard InChI is InChI=1S/C19H17N5O2/c1-24(2)12-5-3-11(4-6-12)17-15(10-20)18(21)23-19(22-17)14-9-13(25)7-8-16(14)26/h3-9,25-26H,1-2H3,(H2,21,22,23). The molecule has 0 spiro atoms. The van der Waals surface area contributed by atoms with Gasteiger partial charge in [0.2, 0.25) is 0 Å². The molecule has 2 aromatic carbocycles. The van der Waals surface area contributed by atoms with Gasteiger partial charge in [-0.15, -0.1) is 0 Å². The highest BCUT2D eigenvalue weighted by Crippen LogP contribution is 2.34. The molecule has 3 aromatic rings. The summed E-state index contributed by atoms with van der Waals surface area (Å²) in [6.07, 6.45) is 0. The second-order valence-corrected chi connectivity index (χ2v) is 5.91. The summed E-state index contributed by atoms with van der Waals surface area (Å²) < 4.78 is 0. The average Bonchev–Trinajstić information content (AvgIpc) is 2.63. The van der Waals surface area contributed by atoms with Crippen molar-refractivity contribution in [2.24, 2.45) is 0 Å². The second kappa shape index (κ2) is 6.61. The van der Waals surface area contributed by atoms with Crippen LogP contribution in [0.15, 0.2) is 42.5 Å². The number of hydrogen-bond donors (Lipinski definition) is 3. The van der Waals surface area contributed by atoms with Crippen molar-refractivity contribution in [3.05, 3.63) is 48.0 Å². The summed E-state index contributed by atoms with van der Waals surface area (Å²) in [6.45, 7) is 0. The second-order valence-electron chi connectivity index (χ2n) is 5.91. The molecule has 26 heavy (non-hydrogen) atoms. The SMILES string of the molecule is CN(C)c1ccc(-c2nc(-c3cc(O)ccc3O)nc(N)c2C#N)cc1. The van der Waals surface area contributed by atoms with Crippen molar-refractivity contribution in [1.29, 1.82) is 5.26 Å². The quantitative estimate of drug-likeness (QED) is 0.623. The predicted molar refractivity (Wildman–Crippen MR) is 99.7 cm³/mol. The Balaban J connectivity index is 2.20. The number of nitrogens with zero attached hydrogens (tertiary/aromatic N) is 4. The van der Waals surface area contributed by atoms with E-state index < -0.39 is 0 Å². The van der Waals surface area contributed by atoms with E-state index in [4.69, 9.17) is 5.73 Å². The third-order valence-corrected chi connectivity index (χ3v) is 3.93. The zero-order valence-electron chi connectivity index (χ0n) is 14.3. The van der Waals surface area contributed by atoms with Crippen LogP contribution in [0.4, 0.5) is 11.5 Å². The van der Waals surface area contributed by atoms with E-state index in [1.165, 1.54) is 18.2 Å². The number of phenolic OH excluding ortho intramolecular Hbond substituents is 2. The minimum absolute atomic E-state index is 0.00642. The van der Waals surface area contributed by atoms with Crippen molar-refractivity contribution < 1.29 is 10.2 Å². The fourth-order valence-corrected chi connectivity index (χ4v) is 2.54. The van der Waals surface area contributed by atoms with E-state index in [2.05, 4.69) is 9.97 Å². The Morgan fingerprint density at radius 3 is 2.35 bits per heavy atom. The summed E-state index contributed by atoms with van der Waals surface area (Å²) in [5.74, 6) is -0.00412. The highest BCUT2D eigenvalue weighted by atomic mass is 16.3. The molecule has 4 N–H and O–H groups in total. The van der Waals surface area contributed by atoms with Gasteiger partial charge in [0.1, 0.15) is 28.9 Å². The van der Waals surface area contributed by atoms with E-state index >= 15 is 0 Å². The Morgan fingerprint density at radius 1 is 1.04 bits per heavy atom. The lowest BCUT2D eigenvalue weighted by Crippen LogP contribution is -2.08. The van der Waals surface area contributed by atoms with Crippen molar-refractivity contribution in [3.63, 3.8) is 0 Å². The van der Waals surface area contributed by atoms with Gasteiger partial charge in [0.05, 0.1) is 11.3 Å². The van der Waals surface area contributed by atoms with Gasteiger partial charge in [-0.2, -0.15) is 5.26 Å². The molecule has 1 aromatic heterocycles. The molecule has 0 bridgehead atoms. The molecular formula is C19H17N5O2. The summed E-state index contributed by atoms with van der Waals surface area (Å²) in [4.78, 5) is 10.5. The van der Waals surface area contributed by atoms with E-state index in [1.807, 2.05) is 49.3 Å². The van der Waals surface area contributed by atoms with E-state index in [0.717, 1.165) is 5.69 Å². The van der Waals surface area contributed by atoms with E-state index in [9.17, 15) is 15.5 Å². The summed E-state index contributed by atoms with van der Waals surface area (Å²) in [6, 6.07) is 13.6. The van der Waals surface area contributed by atoms with Crippen LogP contribution < -0.4 is 10.6 Å². The molecule has 1 heterocycles. The van der Waals surface area contributed by atoms with Crippen LogP contribution in [0.3, 0.4) is 0 Å².